The summed E-state index contributed by atoms with van der Waals surface area (Å²) in [5.74, 6) is 0.597. The SMILES string of the molecule is C[C@H](c1ccc(S(C)(=O)=O)cc1)N(C)C(=O)c1ccc(OC[C@@H]2CCCO2)cc1. The molecule has 2 atom stereocenters. The molecule has 156 valence electrons. The van der Waals surface area contributed by atoms with Gasteiger partial charge in [0.1, 0.15) is 12.4 Å². The van der Waals surface area contributed by atoms with Crippen molar-refractivity contribution in [2.75, 3.05) is 26.5 Å². The van der Waals surface area contributed by atoms with Crippen LogP contribution in [-0.2, 0) is 14.6 Å². The van der Waals surface area contributed by atoms with Crippen molar-refractivity contribution in [1.29, 1.82) is 0 Å². The summed E-state index contributed by atoms with van der Waals surface area (Å²) in [4.78, 5) is 14.7. The van der Waals surface area contributed by atoms with Crippen molar-refractivity contribution in [3.8, 4) is 5.75 Å². The summed E-state index contributed by atoms with van der Waals surface area (Å²) in [6.07, 6.45) is 3.42. The first-order chi connectivity index (χ1) is 13.8. The average Bonchev–Trinajstić information content (AvgIpc) is 3.24. The molecule has 0 radical (unpaired) electrons. The van der Waals surface area contributed by atoms with Gasteiger partial charge in [-0.15, -0.1) is 0 Å². The maximum absolute atomic E-state index is 12.8. The first kappa shape index (κ1) is 21.3. The number of carbonyl (C=O) groups is 1. The van der Waals surface area contributed by atoms with Gasteiger partial charge in [-0.05, 0) is 61.7 Å². The molecular weight excluding hydrogens is 390 g/mol. The van der Waals surface area contributed by atoms with E-state index < -0.39 is 9.84 Å². The molecule has 6 nitrogen and oxygen atoms in total. The van der Waals surface area contributed by atoms with Gasteiger partial charge >= 0.3 is 0 Å². The standard InChI is InChI=1S/C22H27NO5S/c1-16(17-8-12-21(13-9-17)29(3,25)26)23(2)22(24)18-6-10-19(11-7-18)28-15-20-5-4-14-27-20/h6-13,16,20H,4-5,14-15H2,1-3H3/t16-,20+/m1/s1. The van der Waals surface area contributed by atoms with E-state index in [1.165, 1.54) is 6.26 Å². The van der Waals surface area contributed by atoms with Crippen LogP contribution in [0.1, 0.15) is 41.7 Å². The molecule has 0 unspecified atom stereocenters. The Morgan fingerprint density at radius 2 is 1.83 bits per heavy atom. The van der Waals surface area contributed by atoms with Gasteiger partial charge in [0, 0.05) is 25.5 Å². The quantitative estimate of drug-likeness (QED) is 0.690. The number of benzene rings is 2. The van der Waals surface area contributed by atoms with Crippen molar-refractivity contribution < 1.29 is 22.7 Å². The molecule has 3 rings (SSSR count). The van der Waals surface area contributed by atoms with E-state index in [2.05, 4.69) is 0 Å². The molecule has 1 amide bonds. The Morgan fingerprint density at radius 3 is 2.38 bits per heavy atom. The summed E-state index contributed by atoms with van der Waals surface area (Å²) >= 11 is 0. The summed E-state index contributed by atoms with van der Waals surface area (Å²) < 4.78 is 34.5. The van der Waals surface area contributed by atoms with Crippen LogP contribution in [0.15, 0.2) is 53.4 Å². The number of sulfone groups is 1. The van der Waals surface area contributed by atoms with E-state index in [1.54, 1.807) is 60.5 Å². The average molecular weight is 418 g/mol. The highest BCUT2D eigenvalue weighted by molar-refractivity contribution is 7.90. The van der Waals surface area contributed by atoms with Crippen LogP contribution < -0.4 is 4.74 Å². The molecule has 1 aliphatic heterocycles. The zero-order valence-electron chi connectivity index (χ0n) is 17.0. The molecule has 0 N–H and O–H groups in total. The minimum Gasteiger partial charge on any atom is -0.491 e. The third-order valence-corrected chi connectivity index (χ3v) is 6.38. The molecule has 0 aromatic heterocycles. The van der Waals surface area contributed by atoms with E-state index in [9.17, 15) is 13.2 Å². The fourth-order valence-corrected chi connectivity index (χ4v) is 3.89. The van der Waals surface area contributed by atoms with Crippen LogP contribution in [0.3, 0.4) is 0 Å². The molecule has 1 saturated heterocycles. The molecule has 1 heterocycles. The fraction of sp³-hybridized carbons (Fsp3) is 0.409. The Bertz CT molecular complexity index is 932. The second kappa shape index (κ2) is 8.97. The number of hydrogen-bond donors (Lipinski definition) is 0. The lowest BCUT2D eigenvalue weighted by atomic mass is 10.1. The van der Waals surface area contributed by atoms with E-state index in [-0.39, 0.29) is 22.9 Å². The summed E-state index contributed by atoms with van der Waals surface area (Å²) in [6.45, 7) is 3.23. The third-order valence-electron chi connectivity index (χ3n) is 5.25. The Labute approximate surface area is 172 Å². The van der Waals surface area contributed by atoms with Crippen molar-refractivity contribution in [3.05, 3.63) is 59.7 Å². The van der Waals surface area contributed by atoms with Gasteiger partial charge in [0.15, 0.2) is 9.84 Å². The molecule has 0 spiro atoms. The highest BCUT2D eigenvalue weighted by Gasteiger charge is 2.20. The Kier molecular flexibility index (Phi) is 6.59. The molecule has 1 fully saturated rings. The number of ether oxygens (including phenoxy) is 2. The first-order valence-corrected chi connectivity index (χ1v) is 11.6. The van der Waals surface area contributed by atoms with Crippen LogP contribution in [0.25, 0.3) is 0 Å². The second-order valence-electron chi connectivity index (χ2n) is 7.40. The minimum atomic E-state index is -3.24. The van der Waals surface area contributed by atoms with Gasteiger partial charge in [-0.25, -0.2) is 8.42 Å². The molecule has 7 heteroatoms. The van der Waals surface area contributed by atoms with E-state index in [1.807, 2.05) is 6.92 Å². The minimum absolute atomic E-state index is 0.115. The zero-order chi connectivity index (χ0) is 21.0. The van der Waals surface area contributed by atoms with Gasteiger partial charge in [-0.2, -0.15) is 0 Å². The van der Waals surface area contributed by atoms with E-state index in [4.69, 9.17) is 9.47 Å². The van der Waals surface area contributed by atoms with Crippen LogP contribution in [0.5, 0.6) is 5.75 Å². The molecule has 0 saturated carbocycles. The maximum atomic E-state index is 12.8. The molecule has 1 aliphatic rings. The van der Waals surface area contributed by atoms with E-state index in [0.29, 0.717) is 17.9 Å². The topological polar surface area (TPSA) is 72.9 Å². The predicted molar refractivity (Wildman–Crippen MR) is 111 cm³/mol. The van der Waals surface area contributed by atoms with Crippen LogP contribution in [-0.4, -0.2) is 51.8 Å². The van der Waals surface area contributed by atoms with Crippen molar-refractivity contribution in [1.82, 2.24) is 4.90 Å². The summed E-state index contributed by atoms with van der Waals surface area (Å²) in [5.41, 5.74) is 1.43. The Hall–Kier alpha value is -2.38. The largest absolute Gasteiger partial charge is 0.491 e. The Balaban J connectivity index is 1.62. The smallest absolute Gasteiger partial charge is 0.254 e. The van der Waals surface area contributed by atoms with Gasteiger partial charge < -0.3 is 14.4 Å². The van der Waals surface area contributed by atoms with Crippen LogP contribution in [0.2, 0.25) is 0 Å². The van der Waals surface area contributed by atoms with Gasteiger partial charge in [0.25, 0.3) is 5.91 Å². The third kappa shape index (κ3) is 5.36. The van der Waals surface area contributed by atoms with Crippen molar-refractivity contribution in [2.24, 2.45) is 0 Å². The van der Waals surface area contributed by atoms with E-state index in [0.717, 1.165) is 25.0 Å². The molecule has 2 aromatic rings. The number of carbonyl (C=O) groups excluding carboxylic acids is 1. The van der Waals surface area contributed by atoms with Crippen molar-refractivity contribution in [2.45, 2.75) is 36.8 Å². The fourth-order valence-electron chi connectivity index (χ4n) is 3.26. The van der Waals surface area contributed by atoms with Gasteiger partial charge in [0.2, 0.25) is 0 Å². The van der Waals surface area contributed by atoms with Crippen molar-refractivity contribution >= 4 is 15.7 Å². The van der Waals surface area contributed by atoms with Gasteiger partial charge in [-0.1, -0.05) is 12.1 Å². The molecule has 2 aromatic carbocycles. The lowest BCUT2D eigenvalue weighted by Gasteiger charge is -2.25. The number of nitrogens with zero attached hydrogens (tertiary/aromatic N) is 1. The van der Waals surface area contributed by atoms with Gasteiger partial charge in [-0.3, -0.25) is 4.79 Å². The van der Waals surface area contributed by atoms with Crippen LogP contribution in [0.4, 0.5) is 0 Å². The van der Waals surface area contributed by atoms with Gasteiger partial charge in [0.05, 0.1) is 17.0 Å². The molecular formula is C22H27NO5S. The van der Waals surface area contributed by atoms with Crippen molar-refractivity contribution in [3.63, 3.8) is 0 Å². The normalized spacial score (nSPS) is 17.7. The monoisotopic (exact) mass is 417 g/mol. The summed E-state index contributed by atoms with van der Waals surface area (Å²) in [6, 6.07) is 13.5. The maximum Gasteiger partial charge on any atom is 0.254 e. The number of amides is 1. The Morgan fingerprint density at radius 1 is 1.17 bits per heavy atom. The van der Waals surface area contributed by atoms with Crippen LogP contribution in [0, 0.1) is 0 Å². The zero-order valence-corrected chi connectivity index (χ0v) is 17.8. The molecule has 0 aliphatic carbocycles. The number of rotatable bonds is 7. The lowest BCUT2D eigenvalue weighted by Crippen LogP contribution is -2.29. The summed E-state index contributed by atoms with van der Waals surface area (Å²) in [5, 5.41) is 0. The second-order valence-corrected chi connectivity index (χ2v) is 9.42. The lowest BCUT2D eigenvalue weighted by molar-refractivity contribution is 0.0678. The highest BCUT2D eigenvalue weighted by atomic mass is 32.2. The highest BCUT2D eigenvalue weighted by Crippen LogP contribution is 2.23. The number of hydrogen-bond acceptors (Lipinski definition) is 5. The van der Waals surface area contributed by atoms with E-state index >= 15 is 0 Å². The summed E-state index contributed by atoms with van der Waals surface area (Å²) in [7, 11) is -1.50. The molecule has 0 bridgehead atoms. The molecule has 29 heavy (non-hydrogen) atoms. The first-order valence-electron chi connectivity index (χ1n) is 9.67. The van der Waals surface area contributed by atoms with Crippen LogP contribution >= 0.6 is 0 Å². The predicted octanol–water partition coefficient (Wildman–Crippen LogP) is 3.48.